The Labute approximate surface area is 137 Å². The van der Waals surface area contributed by atoms with Gasteiger partial charge in [-0.25, -0.2) is 0 Å². The van der Waals surface area contributed by atoms with Gasteiger partial charge >= 0.3 is 5.97 Å². The Balaban J connectivity index is 2.02. The topological polar surface area (TPSA) is 37.3 Å². The molecule has 3 rings (SSSR count). The quantitative estimate of drug-likeness (QED) is 0.805. The van der Waals surface area contributed by atoms with Gasteiger partial charge in [0.1, 0.15) is 0 Å². The van der Waals surface area contributed by atoms with Gasteiger partial charge in [-0.3, -0.25) is 4.79 Å². The minimum atomic E-state index is -0.804. The molecule has 1 aliphatic carbocycles. The summed E-state index contributed by atoms with van der Waals surface area (Å²) in [6, 6.07) is 16.4. The maximum atomic E-state index is 11.6. The van der Waals surface area contributed by atoms with Crippen LogP contribution in [0.15, 0.2) is 48.5 Å². The fourth-order valence-electron chi connectivity index (χ4n) is 2.96. The number of carbonyl (C=O) groups is 1. The van der Waals surface area contributed by atoms with Crippen LogP contribution in [0.4, 0.5) is 0 Å². The van der Waals surface area contributed by atoms with Crippen molar-refractivity contribution in [3.63, 3.8) is 0 Å². The number of hydrogen-bond acceptors (Lipinski definition) is 1. The Hall–Kier alpha value is -2.53. The van der Waals surface area contributed by atoms with Gasteiger partial charge in [-0.05, 0) is 47.9 Å². The molecule has 1 saturated carbocycles. The zero-order valence-electron chi connectivity index (χ0n) is 13.3. The highest BCUT2D eigenvalue weighted by atomic mass is 16.4. The van der Waals surface area contributed by atoms with Crippen LogP contribution < -0.4 is 0 Å². The predicted molar refractivity (Wildman–Crippen MR) is 92.3 cm³/mol. The number of hydrogen-bond donors (Lipinski definition) is 1. The molecule has 0 heterocycles. The molecular formula is C21H20O2. The van der Waals surface area contributed by atoms with E-state index in [-0.39, 0.29) is 0 Å². The first-order valence-corrected chi connectivity index (χ1v) is 8.02. The maximum absolute atomic E-state index is 11.6. The summed E-state index contributed by atoms with van der Waals surface area (Å²) in [5.41, 5.74) is 4.56. The maximum Gasteiger partial charge on any atom is 0.311 e. The first-order chi connectivity index (χ1) is 11.2. The number of benzene rings is 2. The molecule has 1 N–H and O–H groups in total. The van der Waals surface area contributed by atoms with Crippen LogP contribution in [0, 0.1) is 11.8 Å². The third kappa shape index (κ3) is 3.46. The van der Waals surface area contributed by atoms with Crippen LogP contribution in [0.2, 0.25) is 0 Å². The average Bonchev–Trinajstić information content (AvgIpc) is 3.40. The number of rotatable bonds is 5. The molecular weight excluding hydrogens is 284 g/mol. The summed E-state index contributed by atoms with van der Waals surface area (Å²) >= 11 is 0. The zero-order valence-corrected chi connectivity index (χ0v) is 13.3. The molecule has 0 aliphatic heterocycles. The third-order valence-corrected chi connectivity index (χ3v) is 4.36. The van der Waals surface area contributed by atoms with Gasteiger partial charge in [0.2, 0.25) is 0 Å². The molecule has 0 radical (unpaired) electrons. The summed E-state index contributed by atoms with van der Waals surface area (Å²) in [6.45, 7) is 1.74. The van der Waals surface area contributed by atoms with Crippen LogP contribution in [-0.2, 0) is 4.79 Å². The van der Waals surface area contributed by atoms with Crippen molar-refractivity contribution in [2.24, 2.45) is 0 Å². The van der Waals surface area contributed by atoms with Crippen molar-refractivity contribution in [3.05, 3.63) is 59.7 Å². The molecule has 2 aromatic carbocycles. The van der Waals surface area contributed by atoms with Gasteiger partial charge in [0.25, 0.3) is 0 Å². The lowest BCUT2D eigenvalue weighted by atomic mass is 9.89. The van der Waals surface area contributed by atoms with Gasteiger partial charge in [-0.15, -0.1) is 11.8 Å². The van der Waals surface area contributed by atoms with E-state index in [1.807, 2.05) is 24.3 Å². The van der Waals surface area contributed by atoms with E-state index in [0.29, 0.717) is 12.3 Å². The Morgan fingerprint density at radius 3 is 2.57 bits per heavy atom. The predicted octanol–water partition coefficient (Wildman–Crippen LogP) is 4.81. The van der Waals surface area contributed by atoms with Gasteiger partial charge in [0.05, 0.1) is 5.92 Å². The molecule has 2 nitrogen and oxygen atoms in total. The van der Waals surface area contributed by atoms with E-state index >= 15 is 0 Å². The molecule has 2 heteroatoms. The van der Waals surface area contributed by atoms with Crippen molar-refractivity contribution in [2.75, 3.05) is 0 Å². The smallest absolute Gasteiger partial charge is 0.311 e. The van der Waals surface area contributed by atoms with Crippen LogP contribution in [-0.4, -0.2) is 11.1 Å². The largest absolute Gasteiger partial charge is 0.481 e. The van der Waals surface area contributed by atoms with Crippen molar-refractivity contribution in [3.8, 4) is 23.0 Å². The van der Waals surface area contributed by atoms with E-state index < -0.39 is 11.9 Å². The fraction of sp³-hybridized carbons (Fsp3) is 0.286. The molecule has 1 atom stereocenters. The summed E-state index contributed by atoms with van der Waals surface area (Å²) in [6.07, 6.45) is 2.74. The van der Waals surface area contributed by atoms with Crippen molar-refractivity contribution in [1.29, 1.82) is 0 Å². The van der Waals surface area contributed by atoms with E-state index in [1.54, 1.807) is 6.92 Å². The summed E-state index contributed by atoms with van der Waals surface area (Å²) < 4.78 is 0. The minimum absolute atomic E-state index is 0.362. The molecule has 0 bridgehead atoms. The zero-order chi connectivity index (χ0) is 16.2. The lowest BCUT2D eigenvalue weighted by Crippen LogP contribution is -2.11. The van der Waals surface area contributed by atoms with Crippen LogP contribution >= 0.6 is 0 Å². The highest BCUT2D eigenvalue weighted by Gasteiger charge is 2.28. The third-order valence-electron chi connectivity index (χ3n) is 4.36. The summed E-state index contributed by atoms with van der Waals surface area (Å²) in [7, 11) is 0. The van der Waals surface area contributed by atoms with Gasteiger partial charge < -0.3 is 5.11 Å². The van der Waals surface area contributed by atoms with Crippen molar-refractivity contribution >= 4 is 5.97 Å². The molecule has 1 fully saturated rings. The average molecular weight is 304 g/mol. The molecule has 1 unspecified atom stereocenters. The molecule has 1 aliphatic rings. The lowest BCUT2D eigenvalue weighted by Gasteiger charge is -2.15. The number of carboxylic acid groups (broad SMARTS) is 1. The Morgan fingerprint density at radius 2 is 1.96 bits per heavy atom. The first-order valence-electron chi connectivity index (χ1n) is 8.02. The van der Waals surface area contributed by atoms with E-state index in [2.05, 4.69) is 36.1 Å². The molecule has 0 spiro atoms. The van der Waals surface area contributed by atoms with E-state index in [9.17, 15) is 9.90 Å². The van der Waals surface area contributed by atoms with E-state index in [1.165, 1.54) is 29.5 Å². The van der Waals surface area contributed by atoms with E-state index in [4.69, 9.17) is 0 Å². The second kappa shape index (κ2) is 6.71. The molecule has 0 amide bonds. The molecule has 23 heavy (non-hydrogen) atoms. The molecule has 0 saturated heterocycles. The summed E-state index contributed by atoms with van der Waals surface area (Å²) in [4.78, 5) is 11.6. The van der Waals surface area contributed by atoms with Gasteiger partial charge in [0, 0.05) is 6.42 Å². The van der Waals surface area contributed by atoms with Crippen LogP contribution in [0.1, 0.15) is 49.1 Å². The second-order valence-electron chi connectivity index (χ2n) is 6.01. The minimum Gasteiger partial charge on any atom is -0.481 e. The summed E-state index contributed by atoms with van der Waals surface area (Å²) in [5.74, 6) is 4.92. The highest BCUT2D eigenvalue weighted by Crippen LogP contribution is 2.45. The second-order valence-corrected chi connectivity index (χ2v) is 6.01. The summed E-state index contributed by atoms with van der Waals surface area (Å²) in [5, 5.41) is 9.52. The van der Waals surface area contributed by atoms with Gasteiger partial charge in [0.15, 0.2) is 0 Å². The van der Waals surface area contributed by atoms with Gasteiger partial charge in [-0.2, -0.15) is 0 Å². The van der Waals surface area contributed by atoms with E-state index in [0.717, 1.165) is 5.56 Å². The van der Waals surface area contributed by atoms with Gasteiger partial charge in [-0.1, -0.05) is 48.5 Å². The Bertz CT molecular complexity index is 761. The fourth-order valence-corrected chi connectivity index (χ4v) is 2.96. The Morgan fingerprint density at radius 1 is 1.22 bits per heavy atom. The molecule has 116 valence electrons. The highest BCUT2D eigenvalue weighted by molar-refractivity contribution is 5.78. The Kier molecular flexibility index (Phi) is 4.48. The molecule has 2 aromatic rings. The van der Waals surface area contributed by atoms with Crippen LogP contribution in [0.5, 0.6) is 0 Å². The van der Waals surface area contributed by atoms with Crippen LogP contribution in [0.3, 0.4) is 0 Å². The standard InChI is InChI=1S/C21H20O2/c1-2-3-9-19(21(22)23)17-12-13-18(15-7-5-4-6-8-15)20(14-17)16-10-11-16/h4-8,12-14,16,19H,9-11H2,1H3,(H,22,23). The van der Waals surface area contributed by atoms with Crippen LogP contribution in [0.25, 0.3) is 11.1 Å². The first kappa shape index (κ1) is 15.4. The van der Waals surface area contributed by atoms with Crippen molar-refractivity contribution < 1.29 is 9.90 Å². The monoisotopic (exact) mass is 304 g/mol. The normalized spacial score (nSPS) is 14.7. The number of aliphatic carboxylic acids is 1. The molecule has 0 aromatic heterocycles. The van der Waals surface area contributed by atoms with Crippen molar-refractivity contribution in [1.82, 2.24) is 0 Å². The lowest BCUT2D eigenvalue weighted by molar-refractivity contribution is -0.138. The SMILES string of the molecule is CC#CCC(C(=O)O)c1ccc(-c2ccccc2)c(C2CC2)c1. The number of carboxylic acids is 1. The van der Waals surface area contributed by atoms with Crippen molar-refractivity contribution in [2.45, 2.75) is 38.0 Å².